The molecule has 0 aliphatic rings. The second-order valence-electron chi connectivity index (χ2n) is 8.83. The molecule has 208 valence electrons. The van der Waals surface area contributed by atoms with Gasteiger partial charge < -0.3 is 26.8 Å². The summed E-state index contributed by atoms with van der Waals surface area (Å²) in [4.78, 5) is 48.4. The van der Waals surface area contributed by atoms with E-state index in [2.05, 4.69) is 21.1 Å². The molecule has 40 heavy (non-hydrogen) atoms. The molecule has 12 heteroatoms. The van der Waals surface area contributed by atoms with E-state index in [1.165, 1.54) is 12.1 Å². The summed E-state index contributed by atoms with van der Waals surface area (Å²) in [5.41, 5.74) is 7.78. The van der Waals surface area contributed by atoms with Crippen LogP contribution in [0.1, 0.15) is 45.8 Å². The van der Waals surface area contributed by atoms with Crippen LogP contribution in [-0.2, 0) is 16.1 Å². The first-order valence-corrected chi connectivity index (χ1v) is 12.5. The van der Waals surface area contributed by atoms with Crippen LogP contribution >= 0.6 is 0 Å². The van der Waals surface area contributed by atoms with E-state index in [-0.39, 0.29) is 36.9 Å². The van der Waals surface area contributed by atoms with Crippen LogP contribution in [0.5, 0.6) is 0 Å². The number of nitrogens with two attached hydrogens (primary N) is 1. The zero-order valence-electron chi connectivity index (χ0n) is 21.5. The second-order valence-corrected chi connectivity index (χ2v) is 8.83. The molecule has 6 N–H and O–H groups in total. The molecule has 3 aromatic rings. The number of carboxylic acid groups (broad SMARTS) is 1. The van der Waals surface area contributed by atoms with E-state index in [1.54, 1.807) is 12.1 Å². The van der Waals surface area contributed by atoms with Crippen molar-refractivity contribution in [3.8, 4) is 0 Å². The van der Waals surface area contributed by atoms with Crippen molar-refractivity contribution < 1.29 is 24.5 Å². The number of nitrogens with one attached hydrogen (secondary N) is 3. The fourth-order valence-electron chi connectivity index (χ4n) is 4.03. The van der Waals surface area contributed by atoms with Crippen LogP contribution in [0, 0.1) is 10.1 Å². The molecule has 0 spiro atoms. The highest BCUT2D eigenvalue weighted by atomic mass is 16.7. The van der Waals surface area contributed by atoms with Crippen molar-refractivity contribution in [1.29, 1.82) is 0 Å². The molecule has 0 saturated carbocycles. The van der Waals surface area contributed by atoms with Crippen LogP contribution in [0.4, 0.5) is 0 Å². The molecular weight excluding hydrogens is 516 g/mol. The van der Waals surface area contributed by atoms with Gasteiger partial charge in [0, 0.05) is 13.1 Å². The van der Waals surface area contributed by atoms with Gasteiger partial charge in [-0.1, -0.05) is 72.8 Å². The summed E-state index contributed by atoms with van der Waals surface area (Å²) >= 11 is 0. The fourth-order valence-corrected chi connectivity index (χ4v) is 4.03. The second kappa shape index (κ2) is 14.6. The normalized spacial score (nSPS) is 11.9. The summed E-state index contributed by atoms with van der Waals surface area (Å²) in [6, 6.07) is 23.5. The van der Waals surface area contributed by atoms with Crippen molar-refractivity contribution in [2.24, 2.45) is 10.8 Å². The molecular formula is C28H30N6O6. The number of nitro groups is 1. The number of guanidine groups is 1. The molecule has 3 rings (SSSR count). The first-order chi connectivity index (χ1) is 19.2. The molecule has 0 fully saturated rings. The monoisotopic (exact) mass is 546 g/mol. The van der Waals surface area contributed by atoms with E-state index < -0.39 is 28.9 Å². The maximum atomic E-state index is 13.6. The lowest BCUT2D eigenvalue weighted by atomic mass is 9.90. The Morgan fingerprint density at radius 3 is 1.98 bits per heavy atom. The fraction of sp³-hybridized carbons (Fsp3) is 0.214. The van der Waals surface area contributed by atoms with Crippen molar-refractivity contribution in [1.82, 2.24) is 16.0 Å². The number of carboxylic acids is 1. The Bertz CT molecular complexity index is 1290. The van der Waals surface area contributed by atoms with Gasteiger partial charge in [0.15, 0.2) is 5.03 Å². The molecule has 0 aliphatic carbocycles. The van der Waals surface area contributed by atoms with Gasteiger partial charge in [0.25, 0.3) is 5.96 Å². The number of benzene rings is 3. The average molecular weight is 547 g/mol. The lowest BCUT2D eigenvalue weighted by molar-refractivity contribution is -0.485. The van der Waals surface area contributed by atoms with Crippen molar-refractivity contribution >= 4 is 23.7 Å². The predicted octanol–water partition coefficient (Wildman–Crippen LogP) is 2.19. The van der Waals surface area contributed by atoms with E-state index in [0.717, 1.165) is 11.1 Å². The van der Waals surface area contributed by atoms with Crippen molar-refractivity contribution in [3.63, 3.8) is 0 Å². The van der Waals surface area contributed by atoms with Gasteiger partial charge in [-0.15, -0.1) is 0 Å². The zero-order valence-corrected chi connectivity index (χ0v) is 21.5. The molecule has 0 saturated heterocycles. The Balaban J connectivity index is 1.75. The molecule has 3 aromatic carbocycles. The zero-order chi connectivity index (χ0) is 28.9. The smallest absolute Gasteiger partial charge is 0.335 e. The standard InChI is InChI=1S/C28H30N6O6/c29-28(33-34(39)40)30-17-7-12-23(25(35)31-18-19-13-15-22(16-14-19)27(37)38)32-26(36)24(20-8-3-1-4-9-20)21-10-5-2-6-11-21/h1-6,8-11,13-16,23-24H,7,12,17-18H2,(H,31,35)(H,32,36)(H,37,38)(H3,29,30,33)/t23-/m1/s1. The molecule has 1 atom stereocenters. The summed E-state index contributed by atoms with van der Waals surface area (Å²) in [6.07, 6.45) is 0.533. The Labute approximate surface area is 230 Å². The summed E-state index contributed by atoms with van der Waals surface area (Å²) in [6.45, 7) is 0.298. The van der Waals surface area contributed by atoms with Crippen LogP contribution in [0.25, 0.3) is 0 Å². The number of rotatable bonds is 13. The lowest BCUT2D eigenvalue weighted by Gasteiger charge is -2.23. The van der Waals surface area contributed by atoms with Gasteiger partial charge in [-0.2, -0.15) is 0 Å². The van der Waals surface area contributed by atoms with Crippen LogP contribution in [0.3, 0.4) is 0 Å². The largest absolute Gasteiger partial charge is 0.478 e. The SMILES string of the molecule is N/C(=N/[N+](=O)[O-])NCCC[C@@H](NC(=O)C(c1ccccc1)c1ccccc1)C(=O)NCc1ccc(C(=O)O)cc1. The third-order valence-electron chi connectivity index (χ3n) is 5.99. The Morgan fingerprint density at radius 2 is 1.45 bits per heavy atom. The quantitative estimate of drug-likeness (QED) is 0.0709. The summed E-state index contributed by atoms with van der Waals surface area (Å²) in [7, 11) is 0. The number of carbonyl (C=O) groups excluding carboxylic acids is 2. The van der Waals surface area contributed by atoms with Crippen molar-refractivity contribution in [2.75, 3.05) is 6.54 Å². The van der Waals surface area contributed by atoms with Gasteiger partial charge in [-0.3, -0.25) is 9.59 Å². The number of hydrazone groups is 1. The number of nitrogens with zero attached hydrogens (tertiary/aromatic N) is 2. The lowest BCUT2D eigenvalue weighted by Crippen LogP contribution is -2.48. The number of hydrogen-bond donors (Lipinski definition) is 5. The highest BCUT2D eigenvalue weighted by Crippen LogP contribution is 2.25. The molecule has 0 heterocycles. The van der Waals surface area contributed by atoms with Gasteiger partial charge in [0.05, 0.1) is 11.5 Å². The van der Waals surface area contributed by atoms with E-state index >= 15 is 0 Å². The van der Waals surface area contributed by atoms with E-state index in [1.807, 2.05) is 60.7 Å². The van der Waals surface area contributed by atoms with Crippen LogP contribution in [0.2, 0.25) is 0 Å². The minimum Gasteiger partial charge on any atom is -0.478 e. The summed E-state index contributed by atoms with van der Waals surface area (Å²) < 4.78 is 0. The Kier molecular flexibility index (Phi) is 10.7. The first kappa shape index (κ1) is 29.3. The van der Waals surface area contributed by atoms with Crippen molar-refractivity contribution in [3.05, 3.63) is 117 Å². The molecule has 0 bridgehead atoms. The minimum atomic E-state index is -1.05. The van der Waals surface area contributed by atoms with Gasteiger partial charge in [-0.25, -0.2) is 14.9 Å². The number of carbonyl (C=O) groups is 3. The van der Waals surface area contributed by atoms with Crippen LogP contribution in [0.15, 0.2) is 90.0 Å². The molecule has 0 radical (unpaired) electrons. The first-order valence-electron chi connectivity index (χ1n) is 12.5. The maximum Gasteiger partial charge on any atom is 0.335 e. The molecule has 0 unspecified atom stereocenters. The van der Waals surface area contributed by atoms with Gasteiger partial charge in [0.1, 0.15) is 11.1 Å². The third kappa shape index (κ3) is 8.94. The molecule has 0 aliphatic heterocycles. The average Bonchev–Trinajstić information content (AvgIpc) is 2.94. The predicted molar refractivity (Wildman–Crippen MR) is 148 cm³/mol. The molecule has 12 nitrogen and oxygen atoms in total. The van der Waals surface area contributed by atoms with Crippen LogP contribution < -0.4 is 21.7 Å². The summed E-state index contributed by atoms with van der Waals surface area (Å²) in [5.74, 6) is -2.90. The van der Waals surface area contributed by atoms with E-state index in [4.69, 9.17) is 10.8 Å². The van der Waals surface area contributed by atoms with Crippen molar-refractivity contribution in [2.45, 2.75) is 31.3 Å². The third-order valence-corrected chi connectivity index (χ3v) is 5.99. The Hall–Kier alpha value is -5.26. The highest BCUT2D eigenvalue weighted by molar-refractivity contribution is 5.92. The maximum absolute atomic E-state index is 13.6. The minimum absolute atomic E-state index is 0.118. The van der Waals surface area contributed by atoms with Gasteiger partial charge >= 0.3 is 5.97 Å². The number of aromatic carboxylic acids is 1. The Morgan fingerprint density at radius 1 is 0.875 bits per heavy atom. The highest BCUT2D eigenvalue weighted by Gasteiger charge is 2.27. The van der Waals surface area contributed by atoms with E-state index in [9.17, 15) is 24.5 Å². The van der Waals surface area contributed by atoms with Gasteiger partial charge in [0.2, 0.25) is 11.8 Å². The van der Waals surface area contributed by atoms with E-state index in [0.29, 0.717) is 12.0 Å². The number of hydrogen-bond acceptors (Lipinski definition) is 5. The molecule has 2 amide bonds. The summed E-state index contributed by atoms with van der Waals surface area (Å²) in [5, 5.41) is 29.8. The number of amides is 2. The molecule has 0 aromatic heterocycles. The topological polar surface area (TPSA) is 189 Å². The van der Waals surface area contributed by atoms with Crippen LogP contribution in [-0.4, -0.2) is 46.5 Å². The van der Waals surface area contributed by atoms with Gasteiger partial charge in [-0.05, 0) is 41.7 Å².